The van der Waals surface area contributed by atoms with Gasteiger partial charge in [-0.1, -0.05) is 42.5 Å². The molecule has 2 fully saturated rings. The summed E-state index contributed by atoms with van der Waals surface area (Å²) < 4.78 is 0. The standard InChI is InChI=1S/C21H25N3OS/c1-26-20-5-3-2-4-18(20)17-8-6-16(7-9-17)14-23-12-13-24-11-10-22-21(25)19(24)15-23/h2-9,19H,10-15H2,1H3,(H,22,25). The molecule has 0 aromatic heterocycles. The predicted octanol–water partition coefficient (Wildman–Crippen LogP) is 2.69. The fourth-order valence-electron chi connectivity index (χ4n) is 3.91. The highest BCUT2D eigenvalue weighted by molar-refractivity contribution is 7.98. The number of carbonyl (C=O) groups excluding carboxylic acids is 1. The lowest BCUT2D eigenvalue weighted by atomic mass is 10.0. The van der Waals surface area contributed by atoms with Gasteiger partial charge >= 0.3 is 0 Å². The Morgan fingerprint density at radius 1 is 1.08 bits per heavy atom. The molecule has 0 radical (unpaired) electrons. The van der Waals surface area contributed by atoms with E-state index in [1.807, 2.05) is 0 Å². The van der Waals surface area contributed by atoms with Crippen molar-refractivity contribution in [3.05, 3.63) is 54.1 Å². The second-order valence-corrected chi connectivity index (χ2v) is 7.82. The molecule has 2 aliphatic rings. The number of amides is 1. The third-order valence-corrected chi connectivity index (χ3v) is 6.15. The summed E-state index contributed by atoms with van der Waals surface area (Å²) in [6.45, 7) is 5.51. The largest absolute Gasteiger partial charge is 0.353 e. The predicted molar refractivity (Wildman–Crippen MR) is 107 cm³/mol. The summed E-state index contributed by atoms with van der Waals surface area (Å²) in [5, 5.41) is 2.99. The summed E-state index contributed by atoms with van der Waals surface area (Å²) in [6, 6.07) is 17.4. The third-order valence-electron chi connectivity index (χ3n) is 5.35. The first-order chi connectivity index (χ1) is 12.7. The van der Waals surface area contributed by atoms with Gasteiger partial charge in [0, 0.05) is 44.2 Å². The summed E-state index contributed by atoms with van der Waals surface area (Å²) in [7, 11) is 0. The normalized spacial score (nSPS) is 21.3. The van der Waals surface area contributed by atoms with Gasteiger partial charge in [-0.2, -0.15) is 0 Å². The minimum atomic E-state index is 0.0187. The molecule has 2 saturated heterocycles. The molecule has 136 valence electrons. The van der Waals surface area contributed by atoms with Crippen LogP contribution in [0.1, 0.15) is 5.56 Å². The van der Waals surface area contributed by atoms with Gasteiger partial charge < -0.3 is 5.32 Å². The second-order valence-electron chi connectivity index (χ2n) is 6.98. The smallest absolute Gasteiger partial charge is 0.238 e. The van der Waals surface area contributed by atoms with E-state index < -0.39 is 0 Å². The molecule has 1 N–H and O–H groups in total. The van der Waals surface area contributed by atoms with Gasteiger partial charge in [-0.05, 0) is 29.0 Å². The molecule has 1 unspecified atom stereocenters. The number of piperazine rings is 2. The highest BCUT2D eigenvalue weighted by Gasteiger charge is 2.34. The zero-order valence-electron chi connectivity index (χ0n) is 15.1. The number of fused-ring (bicyclic) bond motifs is 1. The van der Waals surface area contributed by atoms with Gasteiger partial charge in [-0.15, -0.1) is 11.8 Å². The molecular formula is C21H25N3OS. The number of hydrogen-bond acceptors (Lipinski definition) is 4. The molecule has 2 heterocycles. The van der Waals surface area contributed by atoms with Crippen LogP contribution in [0.3, 0.4) is 0 Å². The molecular weight excluding hydrogens is 342 g/mol. The van der Waals surface area contributed by atoms with Crippen LogP contribution in [-0.4, -0.2) is 60.7 Å². The number of nitrogens with one attached hydrogen (secondary N) is 1. The van der Waals surface area contributed by atoms with E-state index in [0.717, 1.165) is 39.3 Å². The van der Waals surface area contributed by atoms with Crippen LogP contribution in [0, 0.1) is 0 Å². The molecule has 2 aromatic rings. The van der Waals surface area contributed by atoms with E-state index in [2.05, 4.69) is 69.9 Å². The Balaban J connectivity index is 1.44. The monoisotopic (exact) mass is 367 g/mol. The topological polar surface area (TPSA) is 35.6 Å². The lowest BCUT2D eigenvalue weighted by molar-refractivity contribution is -0.131. The van der Waals surface area contributed by atoms with Crippen molar-refractivity contribution in [2.75, 3.05) is 39.0 Å². The van der Waals surface area contributed by atoms with Crippen LogP contribution in [0.5, 0.6) is 0 Å². The van der Waals surface area contributed by atoms with Gasteiger partial charge in [0.15, 0.2) is 0 Å². The molecule has 26 heavy (non-hydrogen) atoms. The maximum absolute atomic E-state index is 12.1. The van der Waals surface area contributed by atoms with Gasteiger partial charge in [0.2, 0.25) is 5.91 Å². The van der Waals surface area contributed by atoms with E-state index in [-0.39, 0.29) is 11.9 Å². The fraction of sp³-hybridized carbons (Fsp3) is 0.381. The van der Waals surface area contributed by atoms with Crippen molar-refractivity contribution in [3.63, 3.8) is 0 Å². The van der Waals surface area contributed by atoms with E-state index in [9.17, 15) is 4.79 Å². The molecule has 1 amide bonds. The van der Waals surface area contributed by atoms with Crippen molar-refractivity contribution < 1.29 is 4.79 Å². The molecule has 2 aromatic carbocycles. The van der Waals surface area contributed by atoms with Crippen LogP contribution < -0.4 is 5.32 Å². The minimum absolute atomic E-state index is 0.0187. The van der Waals surface area contributed by atoms with Crippen LogP contribution >= 0.6 is 11.8 Å². The first-order valence-electron chi connectivity index (χ1n) is 9.21. The van der Waals surface area contributed by atoms with Gasteiger partial charge in [0.05, 0.1) is 0 Å². The molecule has 4 nitrogen and oxygen atoms in total. The lowest BCUT2D eigenvalue weighted by Gasteiger charge is -2.43. The molecule has 2 aliphatic heterocycles. The average molecular weight is 368 g/mol. The Labute approximate surface area is 159 Å². The molecule has 1 atom stereocenters. The van der Waals surface area contributed by atoms with Crippen molar-refractivity contribution in [1.29, 1.82) is 0 Å². The van der Waals surface area contributed by atoms with Crippen LogP contribution in [0.4, 0.5) is 0 Å². The maximum atomic E-state index is 12.1. The summed E-state index contributed by atoms with van der Waals surface area (Å²) in [6.07, 6.45) is 2.12. The highest BCUT2D eigenvalue weighted by Crippen LogP contribution is 2.30. The van der Waals surface area contributed by atoms with Gasteiger partial charge in [-0.3, -0.25) is 14.6 Å². The number of nitrogens with zero attached hydrogens (tertiary/aromatic N) is 2. The number of carbonyl (C=O) groups is 1. The van der Waals surface area contributed by atoms with Crippen molar-refractivity contribution in [2.24, 2.45) is 0 Å². The molecule has 4 rings (SSSR count). The summed E-state index contributed by atoms with van der Waals surface area (Å²) in [5.41, 5.74) is 3.86. The first-order valence-corrected chi connectivity index (χ1v) is 10.4. The first kappa shape index (κ1) is 17.6. The SMILES string of the molecule is CSc1ccccc1-c1ccc(CN2CCN3CCNC(=O)C3C2)cc1. The zero-order chi connectivity index (χ0) is 17.9. The van der Waals surface area contributed by atoms with E-state index in [0.29, 0.717) is 0 Å². The van der Waals surface area contributed by atoms with Crippen molar-refractivity contribution in [3.8, 4) is 11.1 Å². The molecule has 0 spiro atoms. The molecule has 0 bridgehead atoms. The quantitative estimate of drug-likeness (QED) is 0.843. The van der Waals surface area contributed by atoms with Gasteiger partial charge in [0.25, 0.3) is 0 Å². The van der Waals surface area contributed by atoms with Crippen molar-refractivity contribution in [2.45, 2.75) is 17.5 Å². The summed E-state index contributed by atoms with van der Waals surface area (Å²) in [4.78, 5) is 18.1. The Hall–Kier alpha value is -1.82. The number of rotatable bonds is 4. The Morgan fingerprint density at radius 2 is 1.88 bits per heavy atom. The van der Waals surface area contributed by atoms with E-state index in [1.165, 1.54) is 21.6 Å². The highest BCUT2D eigenvalue weighted by atomic mass is 32.2. The van der Waals surface area contributed by atoms with E-state index in [1.54, 1.807) is 11.8 Å². The van der Waals surface area contributed by atoms with Crippen molar-refractivity contribution in [1.82, 2.24) is 15.1 Å². The lowest BCUT2D eigenvalue weighted by Crippen LogP contribution is -2.63. The van der Waals surface area contributed by atoms with Gasteiger partial charge in [-0.25, -0.2) is 0 Å². The Kier molecular flexibility index (Phi) is 5.29. The number of benzene rings is 2. The second kappa shape index (κ2) is 7.82. The van der Waals surface area contributed by atoms with Crippen LogP contribution in [-0.2, 0) is 11.3 Å². The van der Waals surface area contributed by atoms with E-state index >= 15 is 0 Å². The summed E-state index contributed by atoms with van der Waals surface area (Å²) in [5.74, 6) is 0.185. The third kappa shape index (κ3) is 3.65. The van der Waals surface area contributed by atoms with Crippen LogP contribution in [0.2, 0.25) is 0 Å². The fourth-order valence-corrected chi connectivity index (χ4v) is 4.53. The van der Waals surface area contributed by atoms with Crippen LogP contribution in [0.15, 0.2) is 53.4 Å². The molecule has 5 heteroatoms. The Morgan fingerprint density at radius 3 is 2.69 bits per heavy atom. The van der Waals surface area contributed by atoms with Crippen LogP contribution in [0.25, 0.3) is 11.1 Å². The Bertz CT molecular complexity index is 777. The average Bonchev–Trinajstić information content (AvgIpc) is 2.69. The van der Waals surface area contributed by atoms with Gasteiger partial charge in [0.1, 0.15) is 6.04 Å². The summed E-state index contributed by atoms with van der Waals surface area (Å²) >= 11 is 1.78. The number of hydrogen-bond donors (Lipinski definition) is 1. The minimum Gasteiger partial charge on any atom is -0.353 e. The van der Waals surface area contributed by atoms with E-state index in [4.69, 9.17) is 0 Å². The molecule has 0 saturated carbocycles. The zero-order valence-corrected chi connectivity index (χ0v) is 16.0. The molecule has 0 aliphatic carbocycles. The maximum Gasteiger partial charge on any atom is 0.238 e. The van der Waals surface area contributed by atoms with Crippen molar-refractivity contribution >= 4 is 17.7 Å². The number of thioether (sulfide) groups is 1.